The molecule has 1 aliphatic rings. The smallest absolute Gasteiger partial charge is 0.354 e. The second kappa shape index (κ2) is 9.93. The average molecular weight is 490 g/mol. The van der Waals surface area contributed by atoms with Crippen LogP contribution in [0.1, 0.15) is 21.9 Å². The van der Waals surface area contributed by atoms with Crippen LogP contribution in [0.3, 0.4) is 0 Å². The van der Waals surface area contributed by atoms with Crippen molar-refractivity contribution in [3.8, 4) is 11.4 Å². The number of aromatic carboxylic acids is 1. The number of nitrogens with zero attached hydrogens (tertiary/aromatic N) is 5. The molecule has 0 amide bonds. The van der Waals surface area contributed by atoms with Gasteiger partial charge in [0.25, 0.3) is 10.1 Å². The van der Waals surface area contributed by atoms with Gasteiger partial charge >= 0.3 is 5.97 Å². The molecule has 1 aliphatic heterocycles. The lowest BCUT2D eigenvalue weighted by Gasteiger charge is -2.29. The Labute approximate surface area is 195 Å². The lowest BCUT2D eigenvalue weighted by Crippen LogP contribution is -2.40. The highest BCUT2D eigenvalue weighted by atomic mass is 32.2. The Morgan fingerprint density at radius 3 is 2.50 bits per heavy atom. The van der Waals surface area contributed by atoms with Crippen LogP contribution in [0.5, 0.6) is 0 Å². The predicted octanol–water partition coefficient (Wildman–Crippen LogP) is 1.24. The second-order valence-corrected chi connectivity index (χ2v) is 9.39. The van der Waals surface area contributed by atoms with Crippen molar-refractivity contribution >= 4 is 16.1 Å². The van der Waals surface area contributed by atoms with E-state index in [0.717, 1.165) is 5.56 Å². The Bertz CT molecular complexity index is 1270. The molecule has 34 heavy (non-hydrogen) atoms. The van der Waals surface area contributed by atoms with Gasteiger partial charge in [-0.25, -0.2) is 19.4 Å². The van der Waals surface area contributed by atoms with E-state index >= 15 is 0 Å². The molecule has 13 heteroatoms. The van der Waals surface area contributed by atoms with Crippen molar-refractivity contribution in [1.82, 2.24) is 25.0 Å². The summed E-state index contributed by atoms with van der Waals surface area (Å²) in [6.07, 6.45) is 0.766. The van der Waals surface area contributed by atoms with E-state index in [2.05, 4.69) is 20.3 Å². The second-order valence-electron chi connectivity index (χ2n) is 7.78. The first-order valence-corrected chi connectivity index (χ1v) is 11.8. The molecule has 0 bridgehead atoms. The molecule has 2 atom stereocenters. The summed E-state index contributed by atoms with van der Waals surface area (Å²) in [5.74, 6) is -0.844. The summed E-state index contributed by atoms with van der Waals surface area (Å²) in [5, 5.41) is 17.3. The molecule has 1 saturated heterocycles. The Hall–Kier alpha value is -3.26. The molecule has 2 aromatic heterocycles. The quantitative estimate of drug-likeness (QED) is 0.454. The number of rotatable bonds is 8. The minimum absolute atomic E-state index is 0.0871. The number of aryl methyl sites for hydroxylation is 2. The van der Waals surface area contributed by atoms with Crippen LogP contribution < -0.4 is 0 Å². The summed E-state index contributed by atoms with van der Waals surface area (Å²) in [6, 6.07) is 7.73. The Morgan fingerprint density at radius 1 is 1.12 bits per heavy atom. The Balaban J connectivity index is 1.29. The number of hydrogen-bond donors (Lipinski definition) is 1. The van der Waals surface area contributed by atoms with Gasteiger partial charge in [-0.3, -0.25) is 4.18 Å². The molecule has 1 aromatic carbocycles. The number of carboxylic acids is 1. The van der Waals surface area contributed by atoms with Crippen molar-refractivity contribution < 1.29 is 32.0 Å². The van der Waals surface area contributed by atoms with Crippen LogP contribution in [0.4, 0.5) is 0 Å². The first-order valence-electron chi connectivity index (χ1n) is 10.4. The van der Waals surface area contributed by atoms with Crippen LogP contribution in [0, 0.1) is 13.8 Å². The van der Waals surface area contributed by atoms with Crippen LogP contribution in [0.2, 0.25) is 0 Å². The van der Waals surface area contributed by atoms with Crippen LogP contribution in [0.15, 0.2) is 41.4 Å². The molecule has 12 nitrogen and oxygen atoms in total. The van der Waals surface area contributed by atoms with Crippen molar-refractivity contribution in [2.24, 2.45) is 0 Å². The first kappa shape index (κ1) is 23.9. The molecule has 0 spiro atoms. The highest BCUT2D eigenvalue weighted by molar-refractivity contribution is 7.86. The van der Waals surface area contributed by atoms with Gasteiger partial charge in [-0.15, -0.1) is 5.10 Å². The fourth-order valence-electron chi connectivity index (χ4n) is 3.25. The molecule has 3 aromatic rings. The fraction of sp³-hybridized carbons (Fsp3) is 0.381. The first-order chi connectivity index (χ1) is 16.2. The molecule has 3 heterocycles. The molecule has 0 radical (unpaired) electrons. The van der Waals surface area contributed by atoms with Crippen molar-refractivity contribution in [2.75, 3.05) is 19.8 Å². The van der Waals surface area contributed by atoms with E-state index in [1.807, 2.05) is 6.92 Å². The molecule has 4 rings (SSSR count). The maximum Gasteiger partial charge on any atom is 0.354 e. The molecule has 180 valence electrons. The summed E-state index contributed by atoms with van der Waals surface area (Å²) >= 11 is 0. The molecule has 0 saturated carbocycles. The van der Waals surface area contributed by atoms with Crippen LogP contribution in [-0.2, 0) is 30.3 Å². The Kier molecular flexibility index (Phi) is 6.97. The maximum absolute atomic E-state index is 12.3. The predicted molar refractivity (Wildman–Crippen MR) is 117 cm³/mol. The zero-order valence-electron chi connectivity index (χ0n) is 18.5. The van der Waals surface area contributed by atoms with E-state index in [1.54, 1.807) is 29.9 Å². The zero-order chi connectivity index (χ0) is 24.3. The number of carboxylic acid groups (broad SMARTS) is 1. The number of aromatic nitrogens is 5. The summed E-state index contributed by atoms with van der Waals surface area (Å²) < 4.78 is 42.8. The van der Waals surface area contributed by atoms with E-state index in [4.69, 9.17) is 18.8 Å². The largest absolute Gasteiger partial charge is 0.477 e. The molecule has 1 N–H and O–H groups in total. The van der Waals surface area contributed by atoms with Crippen LogP contribution >= 0.6 is 0 Å². The highest BCUT2D eigenvalue weighted by Crippen LogP contribution is 2.18. The van der Waals surface area contributed by atoms with Gasteiger partial charge in [0.05, 0.1) is 43.2 Å². The van der Waals surface area contributed by atoms with E-state index in [9.17, 15) is 13.2 Å². The normalized spacial score (nSPS) is 18.6. The zero-order valence-corrected chi connectivity index (χ0v) is 19.3. The van der Waals surface area contributed by atoms with E-state index < -0.39 is 22.2 Å². The number of hydrogen-bond acceptors (Lipinski definition) is 10. The van der Waals surface area contributed by atoms with E-state index in [0.29, 0.717) is 23.8 Å². The summed E-state index contributed by atoms with van der Waals surface area (Å²) in [4.78, 5) is 19.4. The van der Waals surface area contributed by atoms with Crippen molar-refractivity contribution in [2.45, 2.75) is 37.5 Å². The minimum Gasteiger partial charge on any atom is -0.477 e. The van der Waals surface area contributed by atoms with Gasteiger partial charge in [0.1, 0.15) is 23.7 Å². The van der Waals surface area contributed by atoms with Gasteiger partial charge in [0.2, 0.25) is 0 Å². The Morgan fingerprint density at radius 2 is 1.82 bits per heavy atom. The topological polar surface area (TPSA) is 156 Å². The molecular weight excluding hydrogens is 466 g/mol. The van der Waals surface area contributed by atoms with Gasteiger partial charge in [0.15, 0.2) is 5.69 Å². The number of benzene rings is 1. The SMILES string of the molecule is Cc1ccc(S(=O)(=O)OC[C@@H]2CO[C@@H](Cn3cc(-c4cc(C(=O)O)nc(C)n4)nn3)CO2)cc1. The standard InChI is InChI=1S/C21H23N5O7S/c1-13-3-5-17(6-4-13)34(29,30)33-12-16-11-31-15(10-32-16)8-26-9-20(24-25-26)18-7-19(21(27)28)23-14(2)22-18/h3-7,9,15-16H,8,10-12H2,1-2H3,(H,27,28)/t15-,16-/m0/s1. The third-order valence-corrected chi connectivity index (χ3v) is 6.30. The van der Waals surface area contributed by atoms with Crippen molar-refractivity contribution in [3.05, 3.63) is 53.6 Å². The number of ether oxygens (including phenoxy) is 2. The summed E-state index contributed by atoms with van der Waals surface area (Å²) in [7, 11) is -3.88. The summed E-state index contributed by atoms with van der Waals surface area (Å²) in [6.45, 7) is 4.01. The lowest BCUT2D eigenvalue weighted by atomic mass is 10.2. The molecule has 0 aliphatic carbocycles. The van der Waals surface area contributed by atoms with Crippen molar-refractivity contribution in [1.29, 1.82) is 0 Å². The third-order valence-electron chi connectivity index (χ3n) is 5.00. The van der Waals surface area contributed by atoms with Gasteiger partial charge in [-0.1, -0.05) is 22.9 Å². The van der Waals surface area contributed by atoms with E-state index in [1.165, 1.54) is 18.2 Å². The average Bonchev–Trinajstić information content (AvgIpc) is 3.27. The van der Waals surface area contributed by atoms with Crippen LogP contribution in [-0.4, -0.2) is 76.5 Å². The summed E-state index contributed by atoms with van der Waals surface area (Å²) in [5.41, 5.74) is 1.57. The monoisotopic (exact) mass is 489 g/mol. The lowest BCUT2D eigenvalue weighted by molar-refractivity contribution is -0.146. The number of carbonyl (C=O) groups is 1. The maximum atomic E-state index is 12.3. The van der Waals surface area contributed by atoms with Gasteiger partial charge in [0, 0.05) is 0 Å². The van der Waals surface area contributed by atoms with E-state index in [-0.39, 0.29) is 36.5 Å². The molecular formula is C21H23N5O7S. The van der Waals surface area contributed by atoms with Gasteiger partial charge < -0.3 is 14.6 Å². The van der Waals surface area contributed by atoms with Gasteiger partial charge in [-0.2, -0.15) is 8.42 Å². The van der Waals surface area contributed by atoms with Crippen LogP contribution in [0.25, 0.3) is 11.4 Å². The third kappa shape index (κ3) is 5.80. The van der Waals surface area contributed by atoms with Crippen molar-refractivity contribution in [3.63, 3.8) is 0 Å². The molecule has 1 fully saturated rings. The molecule has 0 unspecified atom stereocenters. The fourth-order valence-corrected chi connectivity index (χ4v) is 4.18. The van der Waals surface area contributed by atoms with Gasteiger partial charge in [-0.05, 0) is 32.0 Å². The highest BCUT2D eigenvalue weighted by Gasteiger charge is 2.26. The minimum atomic E-state index is -3.88.